The van der Waals surface area contributed by atoms with Gasteiger partial charge in [0.2, 0.25) is 0 Å². The molecule has 3 nitrogen and oxygen atoms in total. The zero-order chi connectivity index (χ0) is 14.7. The smallest absolute Gasteiger partial charge is 0.165 e. The second-order valence-corrected chi connectivity index (χ2v) is 6.12. The molecule has 1 fully saturated rings. The second kappa shape index (κ2) is 6.55. The Morgan fingerprint density at radius 1 is 1.30 bits per heavy atom. The van der Waals surface area contributed by atoms with Crippen molar-refractivity contribution in [2.75, 3.05) is 26.2 Å². The number of rotatable bonds is 4. The van der Waals surface area contributed by atoms with E-state index in [-0.39, 0.29) is 11.8 Å². The van der Waals surface area contributed by atoms with Crippen LogP contribution in [-0.2, 0) is 0 Å². The number of hydrogen-bond acceptors (Lipinski definition) is 3. The fourth-order valence-corrected chi connectivity index (χ4v) is 2.93. The summed E-state index contributed by atoms with van der Waals surface area (Å²) in [6.07, 6.45) is 0.927. The molecule has 1 atom stereocenters. The van der Waals surface area contributed by atoms with Gasteiger partial charge < -0.3 is 10.4 Å². The van der Waals surface area contributed by atoms with Crippen molar-refractivity contribution in [1.82, 2.24) is 10.2 Å². The third-order valence-electron chi connectivity index (χ3n) is 3.88. The van der Waals surface area contributed by atoms with E-state index in [1.807, 2.05) is 13.0 Å². The summed E-state index contributed by atoms with van der Waals surface area (Å²) in [5, 5.41) is 13.5. The molecule has 0 unspecified atom stereocenters. The van der Waals surface area contributed by atoms with Gasteiger partial charge in [-0.05, 0) is 30.9 Å². The summed E-state index contributed by atoms with van der Waals surface area (Å²) >= 11 is 0. The highest BCUT2D eigenvalue weighted by Gasteiger charge is 2.26. The van der Waals surface area contributed by atoms with Crippen molar-refractivity contribution in [2.45, 2.75) is 33.2 Å². The van der Waals surface area contributed by atoms with E-state index in [0.717, 1.165) is 43.7 Å². The van der Waals surface area contributed by atoms with Gasteiger partial charge in [-0.3, -0.25) is 4.90 Å². The summed E-state index contributed by atoms with van der Waals surface area (Å²) in [4.78, 5) is 2.35. The maximum Gasteiger partial charge on any atom is 0.165 e. The van der Waals surface area contributed by atoms with Crippen LogP contribution in [0.25, 0.3) is 0 Å². The Labute approximate surface area is 120 Å². The molecular formula is C16H25FN2O. The van der Waals surface area contributed by atoms with Gasteiger partial charge in [-0.1, -0.05) is 19.9 Å². The summed E-state index contributed by atoms with van der Waals surface area (Å²) < 4.78 is 13.8. The van der Waals surface area contributed by atoms with E-state index in [4.69, 9.17) is 0 Å². The average Bonchev–Trinajstić information content (AvgIpc) is 2.41. The van der Waals surface area contributed by atoms with Gasteiger partial charge in [-0.2, -0.15) is 0 Å². The first kappa shape index (κ1) is 15.3. The molecule has 0 spiro atoms. The number of nitrogens with zero attached hydrogens (tertiary/aromatic N) is 1. The summed E-state index contributed by atoms with van der Waals surface area (Å²) in [6, 6.07) is 3.41. The van der Waals surface area contributed by atoms with E-state index in [2.05, 4.69) is 24.1 Å². The molecule has 0 aromatic heterocycles. The monoisotopic (exact) mass is 280 g/mol. The Kier molecular flexibility index (Phi) is 5.00. The molecule has 0 amide bonds. The van der Waals surface area contributed by atoms with Crippen molar-refractivity contribution in [1.29, 1.82) is 0 Å². The van der Waals surface area contributed by atoms with E-state index in [1.165, 1.54) is 6.07 Å². The van der Waals surface area contributed by atoms with Crippen LogP contribution in [0.15, 0.2) is 12.1 Å². The van der Waals surface area contributed by atoms with Crippen LogP contribution in [0.4, 0.5) is 4.39 Å². The Morgan fingerprint density at radius 2 is 1.95 bits per heavy atom. The molecule has 2 rings (SSSR count). The topological polar surface area (TPSA) is 35.5 Å². The molecule has 1 aliphatic heterocycles. The van der Waals surface area contributed by atoms with Crippen LogP contribution in [0.2, 0.25) is 0 Å². The molecule has 2 N–H and O–H groups in total. The van der Waals surface area contributed by atoms with E-state index < -0.39 is 5.82 Å². The van der Waals surface area contributed by atoms with Crippen LogP contribution in [0, 0.1) is 18.7 Å². The largest absolute Gasteiger partial charge is 0.505 e. The van der Waals surface area contributed by atoms with Gasteiger partial charge >= 0.3 is 0 Å². The van der Waals surface area contributed by atoms with Gasteiger partial charge in [0.25, 0.3) is 0 Å². The molecule has 0 aliphatic carbocycles. The van der Waals surface area contributed by atoms with Gasteiger partial charge in [-0.25, -0.2) is 4.39 Å². The van der Waals surface area contributed by atoms with Gasteiger partial charge in [0.15, 0.2) is 11.6 Å². The molecule has 112 valence electrons. The molecule has 1 aromatic rings. The molecule has 4 heteroatoms. The van der Waals surface area contributed by atoms with Crippen molar-refractivity contribution in [3.63, 3.8) is 0 Å². The van der Waals surface area contributed by atoms with E-state index >= 15 is 0 Å². The Bertz CT molecular complexity index is 456. The standard InChI is InChI=1S/C16H25FN2O/c1-11(2)8-15(19-6-4-18-5-7-19)13-9-12(3)10-14(17)16(13)20/h9-11,15,18,20H,4-8H2,1-3H3/t15-/m0/s1. The number of halogens is 1. The first-order valence-corrected chi connectivity index (χ1v) is 7.42. The lowest BCUT2D eigenvalue weighted by molar-refractivity contribution is 0.151. The maximum atomic E-state index is 13.8. The number of benzene rings is 1. The fourth-order valence-electron chi connectivity index (χ4n) is 2.93. The molecule has 0 saturated carbocycles. The minimum atomic E-state index is -0.510. The fraction of sp³-hybridized carbons (Fsp3) is 0.625. The van der Waals surface area contributed by atoms with Crippen molar-refractivity contribution < 1.29 is 9.50 Å². The zero-order valence-electron chi connectivity index (χ0n) is 12.6. The molecule has 1 heterocycles. The minimum Gasteiger partial charge on any atom is -0.505 e. The molecule has 20 heavy (non-hydrogen) atoms. The van der Waals surface area contributed by atoms with E-state index in [0.29, 0.717) is 5.92 Å². The Balaban J connectivity index is 2.34. The van der Waals surface area contributed by atoms with Gasteiger partial charge in [0.05, 0.1) is 0 Å². The van der Waals surface area contributed by atoms with E-state index in [1.54, 1.807) is 0 Å². The summed E-state index contributed by atoms with van der Waals surface area (Å²) in [5.41, 5.74) is 1.59. The zero-order valence-corrected chi connectivity index (χ0v) is 12.6. The van der Waals surface area contributed by atoms with Crippen molar-refractivity contribution in [3.8, 4) is 5.75 Å². The van der Waals surface area contributed by atoms with E-state index in [9.17, 15) is 9.50 Å². The molecule has 1 aliphatic rings. The SMILES string of the molecule is Cc1cc(F)c(O)c([C@H](CC(C)C)N2CCNCC2)c1. The van der Waals surface area contributed by atoms with Crippen LogP contribution >= 0.6 is 0 Å². The first-order chi connectivity index (χ1) is 9.49. The Hall–Kier alpha value is -1.13. The van der Waals surface area contributed by atoms with Gasteiger partial charge in [-0.15, -0.1) is 0 Å². The molecule has 1 saturated heterocycles. The minimum absolute atomic E-state index is 0.0894. The third-order valence-corrected chi connectivity index (χ3v) is 3.88. The molecule has 0 bridgehead atoms. The number of phenolic OH excluding ortho intramolecular Hbond substituents is 1. The van der Waals surface area contributed by atoms with Crippen molar-refractivity contribution in [2.24, 2.45) is 5.92 Å². The quantitative estimate of drug-likeness (QED) is 0.890. The van der Waals surface area contributed by atoms with Crippen molar-refractivity contribution >= 4 is 0 Å². The molecule has 0 radical (unpaired) electrons. The predicted molar refractivity (Wildman–Crippen MR) is 79.4 cm³/mol. The maximum absolute atomic E-state index is 13.8. The number of phenols is 1. The number of aromatic hydroxyl groups is 1. The lowest BCUT2D eigenvalue weighted by Crippen LogP contribution is -2.45. The van der Waals surface area contributed by atoms with Crippen molar-refractivity contribution in [3.05, 3.63) is 29.1 Å². The van der Waals surface area contributed by atoms with Crippen LogP contribution in [0.1, 0.15) is 37.4 Å². The summed E-state index contributed by atoms with van der Waals surface area (Å²) in [5.74, 6) is -0.193. The van der Waals surface area contributed by atoms with Gasteiger partial charge in [0.1, 0.15) is 0 Å². The van der Waals surface area contributed by atoms with Crippen LogP contribution < -0.4 is 5.32 Å². The lowest BCUT2D eigenvalue weighted by atomic mass is 9.93. The number of aryl methyl sites for hydroxylation is 1. The predicted octanol–water partition coefficient (Wildman–Crippen LogP) is 2.83. The number of hydrogen-bond donors (Lipinski definition) is 2. The Morgan fingerprint density at radius 3 is 2.55 bits per heavy atom. The molecular weight excluding hydrogens is 255 g/mol. The third kappa shape index (κ3) is 3.49. The molecule has 1 aromatic carbocycles. The number of nitrogens with one attached hydrogen (secondary N) is 1. The lowest BCUT2D eigenvalue weighted by Gasteiger charge is -2.36. The highest BCUT2D eigenvalue weighted by atomic mass is 19.1. The van der Waals surface area contributed by atoms with Crippen LogP contribution in [0.3, 0.4) is 0 Å². The average molecular weight is 280 g/mol. The van der Waals surface area contributed by atoms with Crippen LogP contribution in [0.5, 0.6) is 5.75 Å². The highest BCUT2D eigenvalue weighted by molar-refractivity contribution is 5.39. The summed E-state index contributed by atoms with van der Waals surface area (Å²) in [7, 11) is 0. The first-order valence-electron chi connectivity index (χ1n) is 7.42. The number of piperazine rings is 1. The highest BCUT2D eigenvalue weighted by Crippen LogP contribution is 2.35. The second-order valence-electron chi connectivity index (χ2n) is 6.12. The normalized spacial score (nSPS) is 18.4. The summed E-state index contributed by atoms with van der Waals surface area (Å²) in [6.45, 7) is 9.97. The van der Waals surface area contributed by atoms with Gasteiger partial charge in [0, 0.05) is 37.8 Å². The van der Waals surface area contributed by atoms with Crippen LogP contribution in [-0.4, -0.2) is 36.2 Å².